The summed E-state index contributed by atoms with van der Waals surface area (Å²) in [7, 11) is 0. The normalized spacial score (nSPS) is 31.8. The van der Waals surface area contributed by atoms with Crippen LogP contribution in [0.3, 0.4) is 0 Å². The molecule has 0 aliphatic heterocycles. The van der Waals surface area contributed by atoms with E-state index in [9.17, 15) is 4.79 Å². The fourth-order valence-corrected chi connectivity index (χ4v) is 5.99. The van der Waals surface area contributed by atoms with Gasteiger partial charge in [-0.15, -0.1) is 0 Å². The van der Waals surface area contributed by atoms with Crippen molar-refractivity contribution < 1.29 is 14.0 Å². The van der Waals surface area contributed by atoms with Crippen molar-refractivity contribution in [2.24, 2.45) is 23.2 Å². The minimum Gasteiger partial charge on any atom is -0.424 e. The Kier molecular flexibility index (Phi) is 3.72. The van der Waals surface area contributed by atoms with Gasteiger partial charge in [-0.3, -0.25) is 4.79 Å². The lowest BCUT2D eigenvalue weighted by Gasteiger charge is -2.55. The third-order valence-electron chi connectivity index (χ3n) is 6.40. The zero-order valence-electron chi connectivity index (χ0n) is 14.8. The van der Waals surface area contributed by atoms with Gasteiger partial charge in [0.2, 0.25) is 12.1 Å². The predicted molar refractivity (Wildman–Crippen MR) is 95.8 cm³/mol. The van der Waals surface area contributed by atoms with Crippen LogP contribution in [-0.4, -0.2) is 11.3 Å². The van der Waals surface area contributed by atoms with E-state index in [2.05, 4.69) is 15.9 Å². The number of nitrogens with one attached hydrogen (secondary N) is 1. The topological polar surface area (TPSA) is 73.1 Å². The molecule has 0 atom stereocenters. The van der Waals surface area contributed by atoms with E-state index in [1.165, 1.54) is 38.5 Å². The minimum absolute atomic E-state index is 0.253. The summed E-state index contributed by atoms with van der Waals surface area (Å²) in [5.41, 5.74) is 1.09. The van der Waals surface area contributed by atoms with Crippen molar-refractivity contribution in [3.8, 4) is 0 Å². The molecular formula is C20H24N4O2. The molecule has 6 nitrogen and oxygen atoms in total. The van der Waals surface area contributed by atoms with Crippen molar-refractivity contribution >= 4 is 17.6 Å². The van der Waals surface area contributed by atoms with Gasteiger partial charge in [0, 0.05) is 5.41 Å². The van der Waals surface area contributed by atoms with Gasteiger partial charge in [0.05, 0.1) is 0 Å². The first kappa shape index (κ1) is 15.9. The smallest absolute Gasteiger partial charge is 0.241 e. The molecule has 4 bridgehead atoms. The molecule has 4 aliphatic rings. The Hall–Kier alpha value is -2.37. The molecule has 2 amide bonds. The fraction of sp³-hybridized carbons (Fsp3) is 0.550. The highest BCUT2D eigenvalue weighted by Crippen LogP contribution is 2.60. The molecule has 136 valence electrons. The Morgan fingerprint density at radius 3 is 2.46 bits per heavy atom. The number of hydrogen-bond acceptors (Lipinski definition) is 3. The van der Waals surface area contributed by atoms with Crippen LogP contribution in [-0.2, 0) is 6.54 Å². The largest absolute Gasteiger partial charge is 0.424 e. The summed E-state index contributed by atoms with van der Waals surface area (Å²) < 4.78 is 7.12. The number of carbonyl (C=O) groups excluding carboxylic acids is 1. The number of rotatable bonds is 4. The Bertz CT molecular complexity index is 766. The van der Waals surface area contributed by atoms with E-state index in [1.54, 1.807) is 6.20 Å². The molecule has 0 unspecified atom stereocenters. The quantitative estimate of drug-likeness (QED) is 0.828. The molecule has 6 rings (SSSR count). The Morgan fingerprint density at radius 2 is 1.81 bits per heavy atom. The van der Waals surface area contributed by atoms with Gasteiger partial charge in [-0.05, 0) is 62.0 Å². The number of urea groups is 1. The van der Waals surface area contributed by atoms with Crippen LogP contribution >= 0.6 is 0 Å². The molecule has 1 N–H and O–H groups in total. The molecule has 26 heavy (non-hydrogen) atoms. The number of aromatic nitrogens is 2. The summed E-state index contributed by atoms with van der Waals surface area (Å²) in [5.74, 6) is 2.99. The first-order chi connectivity index (χ1) is 12.7. The van der Waals surface area contributed by atoms with Crippen LogP contribution in [0.25, 0.3) is 5.32 Å². The predicted octanol–water partition coefficient (Wildman–Crippen LogP) is 4.42. The van der Waals surface area contributed by atoms with Crippen LogP contribution in [0.4, 0.5) is 16.4 Å². The number of benzene rings is 1. The molecule has 0 spiro atoms. The van der Waals surface area contributed by atoms with Crippen molar-refractivity contribution in [3.05, 3.63) is 41.8 Å². The Morgan fingerprint density at radius 1 is 1.15 bits per heavy atom. The molecule has 6 heteroatoms. The van der Waals surface area contributed by atoms with E-state index in [0.29, 0.717) is 11.1 Å². The summed E-state index contributed by atoms with van der Waals surface area (Å²) in [6, 6.07) is 8.82. The number of para-hydroxylation sites is 1. The number of amides is 2. The number of anilines is 1. The molecule has 0 saturated heterocycles. The Labute approximate surface area is 152 Å². The van der Waals surface area contributed by atoms with Crippen molar-refractivity contribution in [1.29, 1.82) is 0 Å². The molecule has 4 saturated carbocycles. The molecule has 4 aliphatic carbocycles. The van der Waals surface area contributed by atoms with Crippen molar-refractivity contribution in [1.82, 2.24) is 5.27 Å². The van der Waals surface area contributed by atoms with E-state index in [1.807, 2.05) is 35.0 Å². The lowest BCUT2D eigenvalue weighted by molar-refractivity contribution is -0.774. The van der Waals surface area contributed by atoms with E-state index in [4.69, 9.17) is 4.52 Å². The van der Waals surface area contributed by atoms with Gasteiger partial charge in [-0.25, -0.2) is 0 Å². The van der Waals surface area contributed by atoms with E-state index in [0.717, 1.165) is 24.3 Å². The van der Waals surface area contributed by atoms with Crippen LogP contribution in [0.1, 0.15) is 38.5 Å². The van der Waals surface area contributed by atoms with Crippen molar-refractivity contribution in [3.63, 3.8) is 0 Å². The second-order valence-electron chi connectivity index (χ2n) is 8.56. The average molecular weight is 352 g/mol. The number of hydrogen-bond donors (Lipinski definition) is 1. The zero-order chi connectivity index (χ0) is 17.6. The highest BCUT2D eigenvalue weighted by molar-refractivity contribution is 6.03. The highest BCUT2D eigenvalue weighted by atomic mass is 16.5. The Balaban J connectivity index is 1.23. The highest BCUT2D eigenvalue weighted by Gasteiger charge is 2.53. The van der Waals surface area contributed by atoms with Crippen LogP contribution in [0, 0.1) is 23.2 Å². The summed E-state index contributed by atoms with van der Waals surface area (Å²) >= 11 is 0. The summed E-state index contributed by atoms with van der Waals surface area (Å²) in [6.07, 6.45) is 10.0. The summed E-state index contributed by atoms with van der Waals surface area (Å²) in [5, 5.41) is 10.8. The number of carbonyl (C=O) groups is 1. The molecule has 1 aromatic heterocycles. The van der Waals surface area contributed by atoms with E-state index < -0.39 is 6.03 Å². The van der Waals surface area contributed by atoms with Crippen LogP contribution in [0.15, 0.2) is 41.1 Å². The van der Waals surface area contributed by atoms with Gasteiger partial charge in [-0.1, -0.05) is 35.0 Å². The molecule has 4 fully saturated rings. The maximum atomic E-state index is 12.0. The fourth-order valence-electron chi connectivity index (χ4n) is 5.99. The third kappa shape index (κ3) is 3.08. The van der Waals surface area contributed by atoms with Crippen LogP contribution in [0.2, 0.25) is 0 Å². The number of nitrogens with zero attached hydrogens (tertiary/aromatic N) is 3. The second kappa shape index (κ2) is 6.11. The standard InChI is InChI=1S/C20H24N4O2/c25-19(21-17-4-2-1-3-5-17)22-18-12-24(23-26-18)13-20-9-14-6-15(10-20)8-16(7-14)11-20/h1-5,12,14-16H,6-11,13H2,(H-,21,22,23,25). The maximum absolute atomic E-state index is 12.0. The van der Waals surface area contributed by atoms with Gasteiger partial charge in [-0.2, -0.15) is 0 Å². The maximum Gasteiger partial charge on any atom is 0.241 e. The van der Waals surface area contributed by atoms with Gasteiger partial charge < -0.3 is 15.2 Å². The third-order valence-corrected chi connectivity index (χ3v) is 6.40. The SMILES string of the molecule is O=C([N-]c1c[n+](CC23CC4CC(CC(C4)C2)C3)no1)Nc1ccccc1. The monoisotopic (exact) mass is 352 g/mol. The van der Waals surface area contributed by atoms with Gasteiger partial charge >= 0.3 is 0 Å². The van der Waals surface area contributed by atoms with E-state index >= 15 is 0 Å². The minimum atomic E-state index is -0.450. The lowest BCUT2D eigenvalue weighted by atomic mass is 9.49. The molecule has 1 heterocycles. The summed E-state index contributed by atoms with van der Waals surface area (Å²) in [6.45, 7) is 0.885. The first-order valence-electron chi connectivity index (χ1n) is 9.60. The second-order valence-corrected chi connectivity index (χ2v) is 8.56. The lowest BCUT2D eigenvalue weighted by Crippen LogP contribution is -2.53. The van der Waals surface area contributed by atoms with Crippen molar-refractivity contribution in [2.45, 2.75) is 45.1 Å². The zero-order valence-corrected chi connectivity index (χ0v) is 14.8. The van der Waals surface area contributed by atoms with Crippen molar-refractivity contribution in [2.75, 3.05) is 5.32 Å². The van der Waals surface area contributed by atoms with Gasteiger partial charge in [0.15, 0.2) is 17.8 Å². The van der Waals surface area contributed by atoms with E-state index in [-0.39, 0.29) is 5.88 Å². The van der Waals surface area contributed by atoms with Crippen LogP contribution in [0.5, 0.6) is 0 Å². The molecular weight excluding hydrogens is 328 g/mol. The first-order valence-corrected chi connectivity index (χ1v) is 9.60. The van der Waals surface area contributed by atoms with Gasteiger partial charge in [0.25, 0.3) is 0 Å². The van der Waals surface area contributed by atoms with Gasteiger partial charge in [0.1, 0.15) is 0 Å². The molecule has 0 radical (unpaired) electrons. The average Bonchev–Trinajstić information content (AvgIpc) is 3.00. The van der Waals surface area contributed by atoms with Crippen LogP contribution < -0.4 is 10.00 Å². The molecule has 1 aromatic carbocycles. The summed E-state index contributed by atoms with van der Waals surface area (Å²) in [4.78, 5) is 12.0. The molecule has 2 aromatic rings.